The second kappa shape index (κ2) is 6.21. The second-order valence-corrected chi connectivity index (χ2v) is 10.7. The Morgan fingerprint density at radius 3 is 2.32 bits per heavy atom. The maximum atomic E-state index is 2.59. The number of hydrogen-bond donors (Lipinski definition) is 0. The first kappa shape index (κ1) is 19.2. The molecule has 0 saturated heterocycles. The Hall–Kier alpha value is -2.08. The molecular formula is C28H34. The number of allylic oxidation sites excluding steroid dienone is 8. The first-order valence-corrected chi connectivity index (χ1v) is 10.7. The van der Waals surface area contributed by atoms with Gasteiger partial charge in [-0.1, -0.05) is 91.0 Å². The first-order chi connectivity index (χ1) is 13.1. The van der Waals surface area contributed by atoms with Crippen LogP contribution in [0.25, 0.3) is 11.6 Å². The highest BCUT2D eigenvalue weighted by atomic mass is 14.5. The maximum Gasteiger partial charge on any atom is 0.0190 e. The summed E-state index contributed by atoms with van der Waals surface area (Å²) in [7, 11) is 0. The molecule has 0 heterocycles. The summed E-state index contributed by atoms with van der Waals surface area (Å²) in [6, 6.07) is 7.06. The quantitative estimate of drug-likeness (QED) is 0.588. The van der Waals surface area contributed by atoms with Gasteiger partial charge < -0.3 is 0 Å². The predicted octanol–water partition coefficient (Wildman–Crippen LogP) is 6.12. The van der Waals surface area contributed by atoms with Gasteiger partial charge in [-0.15, -0.1) is 0 Å². The molecule has 0 aromatic heterocycles. The van der Waals surface area contributed by atoms with Crippen LogP contribution in [0.4, 0.5) is 0 Å². The van der Waals surface area contributed by atoms with E-state index in [1.165, 1.54) is 38.3 Å². The molecule has 0 radical (unpaired) electrons. The van der Waals surface area contributed by atoms with Crippen LogP contribution in [0.15, 0.2) is 65.3 Å². The zero-order valence-electron chi connectivity index (χ0n) is 18.6. The van der Waals surface area contributed by atoms with Crippen molar-refractivity contribution in [2.24, 2.45) is 10.8 Å². The van der Waals surface area contributed by atoms with E-state index in [4.69, 9.17) is 0 Å². The summed E-state index contributed by atoms with van der Waals surface area (Å²) >= 11 is 0. The van der Waals surface area contributed by atoms with Gasteiger partial charge in [0, 0.05) is 5.41 Å². The molecule has 0 heteroatoms. The van der Waals surface area contributed by atoms with E-state index in [1.54, 1.807) is 0 Å². The Balaban J connectivity index is 1.99. The average molecular weight is 371 g/mol. The van der Waals surface area contributed by atoms with Gasteiger partial charge in [-0.2, -0.15) is 0 Å². The molecule has 3 aliphatic rings. The Kier molecular flexibility index (Phi) is 4.27. The molecule has 0 bridgehead atoms. The van der Waals surface area contributed by atoms with Gasteiger partial charge in [-0.3, -0.25) is 0 Å². The standard InChI is InChI=1S/C28H34/c1-8-28(27(5,6)7)18-21-15-20-16-22(26(2,3)4)13-14-23(20)24(21)17-25(28)19-11-9-10-12-19/h9-11,13-18H,8,12H2,1-7H3. The van der Waals surface area contributed by atoms with Crippen molar-refractivity contribution in [1.82, 2.24) is 0 Å². The third kappa shape index (κ3) is 2.81. The van der Waals surface area contributed by atoms with Gasteiger partial charge in [0.1, 0.15) is 0 Å². The van der Waals surface area contributed by atoms with Crippen LogP contribution < -0.4 is 10.4 Å². The number of benzene rings is 1. The van der Waals surface area contributed by atoms with Crippen LogP contribution in [0.5, 0.6) is 0 Å². The van der Waals surface area contributed by atoms with Gasteiger partial charge in [0.2, 0.25) is 0 Å². The highest BCUT2D eigenvalue weighted by molar-refractivity contribution is 5.90. The van der Waals surface area contributed by atoms with Crippen molar-refractivity contribution in [1.29, 1.82) is 0 Å². The lowest BCUT2D eigenvalue weighted by atomic mass is 9.56. The minimum Gasteiger partial charge on any atom is -0.0801 e. The van der Waals surface area contributed by atoms with Crippen molar-refractivity contribution < 1.29 is 0 Å². The largest absolute Gasteiger partial charge is 0.0801 e. The van der Waals surface area contributed by atoms with Crippen LogP contribution in [0.3, 0.4) is 0 Å². The van der Waals surface area contributed by atoms with Crippen molar-refractivity contribution in [3.8, 4) is 0 Å². The van der Waals surface area contributed by atoms with Crippen LogP contribution in [0.1, 0.15) is 66.9 Å². The van der Waals surface area contributed by atoms with E-state index < -0.39 is 0 Å². The predicted molar refractivity (Wildman–Crippen MR) is 122 cm³/mol. The van der Waals surface area contributed by atoms with E-state index in [9.17, 15) is 0 Å². The molecule has 0 fully saturated rings. The zero-order chi connectivity index (χ0) is 20.3. The molecule has 28 heavy (non-hydrogen) atoms. The molecule has 1 aromatic carbocycles. The molecule has 0 amide bonds. The Morgan fingerprint density at radius 2 is 1.75 bits per heavy atom. The fourth-order valence-electron chi connectivity index (χ4n) is 5.16. The van der Waals surface area contributed by atoms with Crippen LogP contribution in [0.2, 0.25) is 0 Å². The normalized spacial score (nSPS) is 23.7. The van der Waals surface area contributed by atoms with E-state index >= 15 is 0 Å². The van der Waals surface area contributed by atoms with Crippen molar-refractivity contribution in [3.05, 3.63) is 81.3 Å². The van der Waals surface area contributed by atoms with E-state index in [0.29, 0.717) is 0 Å². The van der Waals surface area contributed by atoms with Crippen molar-refractivity contribution in [2.75, 3.05) is 0 Å². The summed E-state index contributed by atoms with van der Waals surface area (Å²) in [5, 5.41) is 2.77. The summed E-state index contributed by atoms with van der Waals surface area (Å²) in [6.07, 6.45) is 16.5. The molecule has 4 rings (SSSR count). The summed E-state index contributed by atoms with van der Waals surface area (Å²) < 4.78 is 0. The van der Waals surface area contributed by atoms with Crippen LogP contribution >= 0.6 is 0 Å². The SMILES string of the molecule is CCC1(C(C)(C)C)C=C2C=c3cc(C(C)(C)C)ccc3=C2C=C1C1=CC=CC1. The zero-order valence-corrected chi connectivity index (χ0v) is 18.6. The molecule has 0 aliphatic heterocycles. The van der Waals surface area contributed by atoms with Gasteiger partial charge in [0.15, 0.2) is 0 Å². The van der Waals surface area contributed by atoms with E-state index in [-0.39, 0.29) is 16.2 Å². The lowest BCUT2D eigenvalue weighted by Gasteiger charge is -2.47. The van der Waals surface area contributed by atoms with Crippen molar-refractivity contribution in [2.45, 2.75) is 66.7 Å². The minimum absolute atomic E-state index is 0.0646. The molecular weight excluding hydrogens is 336 g/mol. The van der Waals surface area contributed by atoms with Crippen LogP contribution in [-0.4, -0.2) is 0 Å². The summed E-state index contributed by atoms with van der Waals surface area (Å²) in [6.45, 7) is 16.4. The summed E-state index contributed by atoms with van der Waals surface area (Å²) in [4.78, 5) is 0. The van der Waals surface area contributed by atoms with E-state index in [2.05, 4.69) is 103 Å². The molecule has 1 unspecified atom stereocenters. The lowest BCUT2D eigenvalue weighted by Crippen LogP contribution is -2.38. The van der Waals surface area contributed by atoms with Gasteiger partial charge in [-0.25, -0.2) is 0 Å². The van der Waals surface area contributed by atoms with Gasteiger partial charge in [-0.05, 0) is 74.1 Å². The Labute approximate surface area is 170 Å². The Bertz CT molecular complexity index is 1070. The number of fused-ring (bicyclic) bond motifs is 2. The number of hydrogen-bond acceptors (Lipinski definition) is 0. The molecule has 1 aromatic rings. The maximum absolute atomic E-state index is 2.59. The first-order valence-electron chi connectivity index (χ1n) is 10.7. The monoisotopic (exact) mass is 370 g/mol. The molecule has 0 N–H and O–H groups in total. The van der Waals surface area contributed by atoms with E-state index in [1.807, 2.05) is 0 Å². The molecule has 146 valence electrons. The topological polar surface area (TPSA) is 0 Å². The number of rotatable bonds is 2. The van der Waals surface area contributed by atoms with Crippen LogP contribution in [-0.2, 0) is 5.41 Å². The fraction of sp³-hybridized carbons (Fsp3) is 0.429. The van der Waals surface area contributed by atoms with Gasteiger partial charge >= 0.3 is 0 Å². The van der Waals surface area contributed by atoms with E-state index in [0.717, 1.165) is 12.8 Å². The molecule has 0 nitrogen and oxygen atoms in total. The average Bonchev–Trinajstić information content (AvgIpc) is 3.25. The van der Waals surface area contributed by atoms with Gasteiger partial charge in [0.25, 0.3) is 0 Å². The highest BCUT2D eigenvalue weighted by Crippen LogP contribution is 2.55. The summed E-state index contributed by atoms with van der Waals surface area (Å²) in [5.41, 5.74) is 7.64. The molecule has 1 atom stereocenters. The fourth-order valence-corrected chi connectivity index (χ4v) is 5.16. The highest BCUT2D eigenvalue weighted by Gasteiger charge is 2.45. The second-order valence-electron chi connectivity index (χ2n) is 10.7. The molecule has 3 aliphatic carbocycles. The van der Waals surface area contributed by atoms with Gasteiger partial charge in [0.05, 0.1) is 0 Å². The Morgan fingerprint density at radius 1 is 1.00 bits per heavy atom. The van der Waals surface area contributed by atoms with Crippen LogP contribution in [0, 0.1) is 10.8 Å². The molecule has 0 spiro atoms. The van der Waals surface area contributed by atoms with Crippen molar-refractivity contribution >= 4 is 11.6 Å². The third-order valence-corrected chi connectivity index (χ3v) is 7.01. The third-order valence-electron chi connectivity index (χ3n) is 7.01. The smallest absolute Gasteiger partial charge is 0.0190 e. The lowest BCUT2D eigenvalue weighted by molar-refractivity contribution is 0.184. The minimum atomic E-state index is 0.0646. The summed E-state index contributed by atoms with van der Waals surface area (Å²) in [5.74, 6) is 0. The van der Waals surface area contributed by atoms with Crippen molar-refractivity contribution in [3.63, 3.8) is 0 Å². The molecule has 0 saturated carbocycles.